The van der Waals surface area contributed by atoms with Gasteiger partial charge in [0.25, 0.3) is 0 Å². The van der Waals surface area contributed by atoms with Crippen molar-refractivity contribution in [1.82, 2.24) is 10.6 Å². The predicted molar refractivity (Wildman–Crippen MR) is 98.4 cm³/mol. The quantitative estimate of drug-likeness (QED) is 0.187. The Balaban J connectivity index is 2.25. The average Bonchev–Trinajstić information content (AvgIpc) is 3.16. The molecule has 0 spiro atoms. The highest BCUT2D eigenvalue weighted by atomic mass is 32.2. The molecule has 3 atom stereocenters. The number of rotatable bonds is 13. The normalized spacial score (nSPS) is 21.4. The second-order valence-electron chi connectivity index (χ2n) is 7.06. The van der Waals surface area contributed by atoms with E-state index in [1.54, 1.807) is 24.9 Å². The van der Waals surface area contributed by atoms with Gasteiger partial charge in [0.05, 0.1) is 0 Å². The van der Waals surface area contributed by atoms with Gasteiger partial charge in [-0.05, 0) is 43.9 Å². The average molecular weight is 375 g/mol. The number of thioether (sulfide) groups is 1. The summed E-state index contributed by atoms with van der Waals surface area (Å²) >= 11 is 1.57. The fourth-order valence-electron chi connectivity index (χ4n) is 2.59. The molecule has 1 aliphatic rings. The van der Waals surface area contributed by atoms with Crippen molar-refractivity contribution in [3.63, 3.8) is 0 Å². The number of carbonyl (C=O) groups is 2. The highest BCUT2D eigenvalue weighted by molar-refractivity contribution is 7.99. The summed E-state index contributed by atoms with van der Waals surface area (Å²) in [4.78, 5) is 22.1. The van der Waals surface area contributed by atoms with Crippen molar-refractivity contribution in [3.8, 4) is 0 Å². The largest absolute Gasteiger partial charge is 0.480 e. The zero-order chi connectivity index (χ0) is 19.0. The second-order valence-corrected chi connectivity index (χ2v) is 8.21. The Morgan fingerprint density at radius 1 is 1.32 bits per heavy atom. The Morgan fingerprint density at radius 2 is 1.96 bits per heavy atom. The Kier molecular flexibility index (Phi) is 8.75. The summed E-state index contributed by atoms with van der Waals surface area (Å²) in [7, 11) is 1.63. The van der Waals surface area contributed by atoms with Gasteiger partial charge in [-0.1, -0.05) is 19.9 Å². The maximum atomic E-state index is 11.3. The van der Waals surface area contributed by atoms with Gasteiger partial charge >= 0.3 is 11.9 Å². The van der Waals surface area contributed by atoms with Crippen molar-refractivity contribution < 1.29 is 24.9 Å². The van der Waals surface area contributed by atoms with Crippen LogP contribution in [0.5, 0.6) is 0 Å². The number of carboxylic acid groups (broad SMARTS) is 2. The Labute approximate surface area is 153 Å². The molecule has 0 aromatic rings. The summed E-state index contributed by atoms with van der Waals surface area (Å²) in [5, 5.41) is 33.7. The van der Waals surface area contributed by atoms with Gasteiger partial charge < -0.3 is 26.0 Å². The molecule has 0 radical (unpaired) electrons. The summed E-state index contributed by atoms with van der Waals surface area (Å²) < 4.78 is 0. The first-order valence-electron chi connectivity index (χ1n) is 8.55. The van der Waals surface area contributed by atoms with E-state index in [0.717, 1.165) is 25.0 Å². The van der Waals surface area contributed by atoms with Crippen molar-refractivity contribution in [1.29, 1.82) is 0 Å². The molecule has 2 unspecified atom stereocenters. The molecule has 0 aromatic heterocycles. The molecule has 25 heavy (non-hydrogen) atoms. The van der Waals surface area contributed by atoms with Crippen LogP contribution in [-0.2, 0) is 9.59 Å². The number of hydrogen-bond donors (Lipinski definition) is 5. The third kappa shape index (κ3) is 7.66. The molecule has 5 N–H and O–H groups in total. The third-order valence-corrected chi connectivity index (χ3v) is 5.67. The smallest absolute Gasteiger partial charge is 0.351 e. The molecule has 7 nitrogen and oxygen atoms in total. The van der Waals surface area contributed by atoms with Gasteiger partial charge in [-0.2, -0.15) is 11.8 Å². The zero-order valence-corrected chi connectivity index (χ0v) is 15.9. The monoisotopic (exact) mass is 374 g/mol. The molecule has 0 aromatic carbocycles. The minimum Gasteiger partial charge on any atom is -0.480 e. The number of nitrogens with one attached hydrogen (secondary N) is 2. The van der Waals surface area contributed by atoms with Crippen LogP contribution in [0, 0.1) is 11.3 Å². The molecule has 1 saturated carbocycles. The minimum atomic E-state index is -1.06. The number of allylic oxidation sites excluding steroid dienone is 1. The van der Waals surface area contributed by atoms with Gasteiger partial charge in [0.1, 0.15) is 18.0 Å². The number of hydrogen-bond acceptors (Lipinski definition) is 6. The van der Waals surface area contributed by atoms with Crippen molar-refractivity contribution in [2.45, 2.75) is 51.8 Å². The lowest BCUT2D eigenvalue weighted by Crippen LogP contribution is -2.36. The van der Waals surface area contributed by atoms with E-state index in [4.69, 9.17) is 5.11 Å². The van der Waals surface area contributed by atoms with E-state index in [0.29, 0.717) is 12.2 Å². The molecule has 8 heteroatoms. The van der Waals surface area contributed by atoms with E-state index >= 15 is 0 Å². The van der Waals surface area contributed by atoms with Crippen molar-refractivity contribution in [2.75, 3.05) is 18.6 Å². The van der Waals surface area contributed by atoms with Crippen LogP contribution < -0.4 is 10.6 Å². The maximum Gasteiger partial charge on any atom is 0.351 e. The van der Waals surface area contributed by atoms with Crippen molar-refractivity contribution >= 4 is 23.7 Å². The van der Waals surface area contributed by atoms with Crippen LogP contribution in [-0.4, -0.2) is 58.1 Å². The highest BCUT2D eigenvalue weighted by Crippen LogP contribution is 2.53. The lowest BCUT2D eigenvalue weighted by atomic mass is 10.1. The SMILES string of the molecule is CN[C@@H](CSCCCC/C=C(\NC(O)C1CC1(C)C)C(=O)O)C(=O)O. The van der Waals surface area contributed by atoms with Gasteiger partial charge in [-0.15, -0.1) is 0 Å². The van der Waals surface area contributed by atoms with Crippen LogP contribution in [0.25, 0.3) is 0 Å². The topological polar surface area (TPSA) is 119 Å². The lowest BCUT2D eigenvalue weighted by molar-refractivity contribution is -0.138. The van der Waals surface area contributed by atoms with Crippen LogP contribution in [0.15, 0.2) is 11.8 Å². The fraction of sp³-hybridized carbons (Fsp3) is 0.765. The van der Waals surface area contributed by atoms with E-state index in [1.165, 1.54) is 0 Å². The van der Waals surface area contributed by atoms with E-state index < -0.39 is 24.2 Å². The number of aliphatic hydroxyl groups excluding tert-OH is 1. The molecule has 0 aliphatic heterocycles. The van der Waals surface area contributed by atoms with E-state index in [1.807, 2.05) is 13.8 Å². The molecule has 144 valence electrons. The first-order chi connectivity index (χ1) is 11.7. The van der Waals surface area contributed by atoms with Gasteiger partial charge in [0, 0.05) is 11.7 Å². The number of aliphatic carboxylic acids is 2. The van der Waals surface area contributed by atoms with Gasteiger partial charge in [0.15, 0.2) is 0 Å². The van der Waals surface area contributed by atoms with E-state index in [2.05, 4.69) is 10.6 Å². The third-order valence-electron chi connectivity index (χ3n) is 4.53. The Morgan fingerprint density at radius 3 is 2.44 bits per heavy atom. The predicted octanol–water partition coefficient (Wildman–Crippen LogP) is 1.49. The van der Waals surface area contributed by atoms with Crippen molar-refractivity contribution in [3.05, 3.63) is 11.8 Å². The molecular weight excluding hydrogens is 344 g/mol. The molecule has 0 bridgehead atoms. The maximum absolute atomic E-state index is 11.3. The van der Waals surface area contributed by atoms with E-state index in [-0.39, 0.29) is 17.0 Å². The van der Waals surface area contributed by atoms with Crippen LogP contribution in [0.3, 0.4) is 0 Å². The number of likely N-dealkylation sites (N-methyl/N-ethyl adjacent to an activating group) is 1. The zero-order valence-electron chi connectivity index (χ0n) is 15.1. The number of carboxylic acids is 2. The molecule has 0 heterocycles. The summed E-state index contributed by atoms with van der Waals surface area (Å²) in [6.07, 6.45) is 3.96. The van der Waals surface area contributed by atoms with Crippen LogP contribution in [0.4, 0.5) is 0 Å². The van der Waals surface area contributed by atoms with Crippen molar-refractivity contribution in [2.24, 2.45) is 11.3 Å². The molecule has 0 amide bonds. The summed E-state index contributed by atoms with van der Waals surface area (Å²) in [6, 6.07) is -0.541. The fourth-order valence-corrected chi connectivity index (χ4v) is 3.71. The summed E-state index contributed by atoms with van der Waals surface area (Å²) in [6.45, 7) is 4.10. The standard InChI is InChI=1S/C17H30N2O5S/c1-17(2)9-11(17)14(20)19-12(15(21)22)7-5-4-6-8-25-10-13(18-3)16(23)24/h7,11,13-14,18-20H,4-6,8-10H2,1-3H3,(H,21,22)(H,23,24)/b12-7-/t11?,13-,14?/m0/s1. The summed E-state index contributed by atoms with van der Waals surface area (Å²) in [5.74, 6) is -0.500. The Bertz CT molecular complexity index is 495. The van der Waals surface area contributed by atoms with Crippen LogP contribution in [0.1, 0.15) is 39.5 Å². The first-order valence-corrected chi connectivity index (χ1v) is 9.70. The molecule has 1 fully saturated rings. The van der Waals surface area contributed by atoms with Gasteiger partial charge in [-0.25, -0.2) is 4.79 Å². The second kappa shape index (κ2) is 10.0. The first kappa shape index (κ1) is 21.8. The van der Waals surface area contributed by atoms with Crippen LogP contribution >= 0.6 is 11.8 Å². The summed E-state index contributed by atoms with van der Waals surface area (Å²) in [5.41, 5.74) is 0.109. The number of aliphatic hydroxyl groups is 1. The highest BCUT2D eigenvalue weighted by Gasteiger charge is 2.50. The molecule has 0 saturated heterocycles. The Hall–Kier alpha value is -1.25. The molecular formula is C17H30N2O5S. The molecule has 1 rings (SSSR count). The minimum absolute atomic E-state index is 0.0453. The number of unbranched alkanes of at least 4 members (excludes halogenated alkanes) is 2. The van der Waals surface area contributed by atoms with Crippen LogP contribution in [0.2, 0.25) is 0 Å². The molecule has 1 aliphatic carbocycles. The van der Waals surface area contributed by atoms with Gasteiger partial charge in [0.2, 0.25) is 0 Å². The lowest BCUT2D eigenvalue weighted by Gasteiger charge is -2.16. The van der Waals surface area contributed by atoms with E-state index in [9.17, 15) is 19.8 Å². The van der Waals surface area contributed by atoms with Gasteiger partial charge in [-0.3, -0.25) is 4.79 Å².